The maximum Gasteiger partial charge on any atom is 0.408 e. The minimum Gasteiger partial charge on any atom is -0.465 e. The maximum atomic E-state index is 11.1. The van der Waals surface area contributed by atoms with Crippen LogP contribution in [0.2, 0.25) is 0 Å². The maximum absolute atomic E-state index is 11.1. The van der Waals surface area contributed by atoms with Gasteiger partial charge >= 0.3 is 6.09 Å². The minimum absolute atomic E-state index is 0.459. The third kappa shape index (κ3) is 1.50. The van der Waals surface area contributed by atoms with Crippen molar-refractivity contribution >= 4 is 6.09 Å². The first-order chi connectivity index (χ1) is 7.14. The summed E-state index contributed by atoms with van der Waals surface area (Å²) in [6.07, 6.45) is 2.95. The van der Waals surface area contributed by atoms with Gasteiger partial charge in [0.1, 0.15) is 0 Å². The lowest BCUT2D eigenvalue weighted by molar-refractivity contribution is 0.119. The van der Waals surface area contributed by atoms with Crippen LogP contribution in [0.1, 0.15) is 12.5 Å². The standard InChI is InChI=1S/C12H13NO2/c1-12(10-6-3-2-4-7-10)8-5-9-13(12)11(14)15/h2-8H,9H2,1H3,(H,14,15). The molecule has 0 saturated carbocycles. The Morgan fingerprint density at radius 3 is 2.67 bits per heavy atom. The highest BCUT2D eigenvalue weighted by molar-refractivity contribution is 5.68. The number of hydrogen-bond acceptors (Lipinski definition) is 1. The Bertz CT molecular complexity index is 399. The van der Waals surface area contributed by atoms with E-state index in [1.54, 1.807) is 0 Å². The molecule has 0 aliphatic carbocycles. The second-order valence-electron chi connectivity index (χ2n) is 3.81. The Balaban J connectivity index is 2.41. The monoisotopic (exact) mass is 203 g/mol. The molecule has 1 unspecified atom stereocenters. The van der Waals surface area contributed by atoms with Crippen molar-refractivity contribution in [3.05, 3.63) is 48.0 Å². The van der Waals surface area contributed by atoms with Gasteiger partial charge in [0.25, 0.3) is 0 Å². The van der Waals surface area contributed by atoms with Gasteiger partial charge in [-0.1, -0.05) is 42.5 Å². The number of carboxylic acid groups (broad SMARTS) is 1. The highest BCUT2D eigenvalue weighted by Crippen LogP contribution is 2.33. The molecule has 0 saturated heterocycles. The summed E-state index contributed by atoms with van der Waals surface area (Å²) < 4.78 is 0. The van der Waals surface area contributed by atoms with Crippen molar-refractivity contribution < 1.29 is 9.90 Å². The van der Waals surface area contributed by atoms with Gasteiger partial charge in [0, 0.05) is 6.54 Å². The zero-order valence-corrected chi connectivity index (χ0v) is 8.55. The average Bonchev–Trinajstić information content (AvgIpc) is 2.63. The molecule has 0 spiro atoms. The Morgan fingerprint density at radius 2 is 2.07 bits per heavy atom. The van der Waals surface area contributed by atoms with Gasteiger partial charge in [-0.05, 0) is 12.5 Å². The van der Waals surface area contributed by atoms with Crippen molar-refractivity contribution in [3.63, 3.8) is 0 Å². The molecule has 1 N–H and O–H groups in total. The first-order valence-electron chi connectivity index (χ1n) is 4.88. The van der Waals surface area contributed by atoms with Crippen LogP contribution >= 0.6 is 0 Å². The molecule has 1 amide bonds. The molecule has 1 heterocycles. The van der Waals surface area contributed by atoms with Crippen LogP contribution in [0.25, 0.3) is 0 Å². The number of nitrogens with zero attached hydrogens (tertiary/aromatic N) is 1. The van der Waals surface area contributed by atoms with Crippen LogP contribution in [0.4, 0.5) is 4.79 Å². The van der Waals surface area contributed by atoms with Crippen molar-refractivity contribution in [1.82, 2.24) is 4.90 Å². The molecule has 1 aliphatic rings. The van der Waals surface area contributed by atoms with E-state index in [1.807, 2.05) is 49.4 Å². The van der Waals surface area contributed by atoms with E-state index in [0.29, 0.717) is 6.54 Å². The summed E-state index contributed by atoms with van der Waals surface area (Å²) >= 11 is 0. The van der Waals surface area contributed by atoms with E-state index in [1.165, 1.54) is 4.90 Å². The van der Waals surface area contributed by atoms with Crippen molar-refractivity contribution in [1.29, 1.82) is 0 Å². The summed E-state index contributed by atoms with van der Waals surface area (Å²) in [7, 11) is 0. The van der Waals surface area contributed by atoms with Crippen LogP contribution in [0, 0.1) is 0 Å². The normalized spacial score (nSPS) is 24.5. The number of hydrogen-bond donors (Lipinski definition) is 1. The Kier molecular flexibility index (Phi) is 2.23. The topological polar surface area (TPSA) is 40.5 Å². The fourth-order valence-electron chi connectivity index (χ4n) is 1.97. The lowest BCUT2D eigenvalue weighted by atomic mass is 9.92. The molecule has 1 aromatic rings. The second-order valence-corrected chi connectivity index (χ2v) is 3.81. The molecular formula is C12H13NO2. The van der Waals surface area contributed by atoms with Gasteiger partial charge in [-0.3, -0.25) is 4.90 Å². The Labute approximate surface area is 88.6 Å². The summed E-state index contributed by atoms with van der Waals surface area (Å²) in [6.45, 7) is 2.38. The van der Waals surface area contributed by atoms with Crippen LogP contribution in [-0.2, 0) is 5.54 Å². The zero-order valence-electron chi connectivity index (χ0n) is 8.55. The number of benzene rings is 1. The van der Waals surface area contributed by atoms with E-state index in [4.69, 9.17) is 5.11 Å². The van der Waals surface area contributed by atoms with Crippen LogP contribution in [0.3, 0.4) is 0 Å². The van der Waals surface area contributed by atoms with Crippen LogP contribution in [0.15, 0.2) is 42.5 Å². The number of amides is 1. The van der Waals surface area contributed by atoms with Gasteiger partial charge in [-0.2, -0.15) is 0 Å². The van der Waals surface area contributed by atoms with E-state index in [9.17, 15) is 4.79 Å². The van der Waals surface area contributed by atoms with Crippen molar-refractivity contribution in [2.45, 2.75) is 12.5 Å². The minimum atomic E-state index is -0.883. The third-order valence-electron chi connectivity index (χ3n) is 2.88. The van der Waals surface area contributed by atoms with E-state index in [2.05, 4.69) is 0 Å². The smallest absolute Gasteiger partial charge is 0.408 e. The van der Waals surface area contributed by atoms with Gasteiger partial charge in [0.15, 0.2) is 0 Å². The zero-order chi connectivity index (χ0) is 10.9. The van der Waals surface area contributed by atoms with Crippen molar-refractivity contribution in [3.8, 4) is 0 Å². The molecule has 0 fully saturated rings. The predicted octanol–water partition coefficient (Wildman–Crippen LogP) is 2.45. The van der Waals surface area contributed by atoms with E-state index < -0.39 is 11.6 Å². The molecule has 0 bridgehead atoms. The lowest BCUT2D eigenvalue weighted by Gasteiger charge is -2.33. The predicted molar refractivity (Wildman–Crippen MR) is 57.7 cm³/mol. The SMILES string of the molecule is CC1(c2ccccc2)C=CCN1C(=O)O. The largest absolute Gasteiger partial charge is 0.465 e. The summed E-state index contributed by atoms with van der Waals surface area (Å²) in [4.78, 5) is 12.5. The van der Waals surface area contributed by atoms with Gasteiger partial charge in [0.05, 0.1) is 5.54 Å². The molecule has 15 heavy (non-hydrogen) atoms. The highest BCUT2D eigenvalue weighted by atomic mass is 16.4. The first kappa shape index (κ1) is 9.77. The second kappa shape index (κ2) is 3.42. The molecule has 3 nitrogen and oxygen atoms in total. The number of carbonyl (C=O) groups is 1. The Morgan fingerprint density at radius 1 is 1.40 bits per heavy atom. The van der Waals surface area contributed by atoms with Gasteiger partial charge in [0.2, 0.25) is 0 Å². The van der Waals surface area contributed by atoms with Crippen molar-refractivity contribution in [2.24, 2.45) is 0 Å². The van der Waals surface area contributed by atoms with E-state index in [-0.39, 0.29) is 0 Å². The molecule has 1 atom stereocenters. The highest BCUT2D eigenvalue weighted by Gasteiger charge is 2.37. The average molecular weight is 203 g/mol. The number of rotatable bonds is 1. The fraction of sp³-hybridized carbons (Fsp3) is 0.250. The molecule has 78 valence electrons. The molecule has 0 radical (unpaired) electrons. The fourth-order valence-corrected chi connectivity index (χ4v) is 1.97. The molecule has 3 heteroatoms. The van der Waals surface area contributed by atoms with E-state index in [0.717, 1.165) is 5.56 Å². The van der Waals surface area contributed by atoms with Crippen LogP contribution in [-0.4, -0.2) is 22.6 Å². The first-order valence-corrected chi connectivity index (χ1v) is 4.88. The third-order valence-corrected chi connectivity index (χ3v) is 2.88. The lowest BCUT2D eigenvalue weighted by Crippen LogP contribution is -2.42. The van der Waals surface area contributed by atoms with E-state index >= 15 is 0 Å². The van der Waals surface area contributed by atoms with Gasteiger partial charge in [-0.25, -0.2) is 4.79 Å². The summed E-state index contributed by atoms with van der Waals surface area (Å²) in [6, 6.07) is 9.67. The van der Waals surface area contributed by atoms with Crippen molar-refractivity contribution in [2.75, 3.05) is 6.54 Å². The summed E-state index contributed by atoms with van der Waals surface area (Å²) in [5.41, 5.74) is 0.480. The van der Waals surface area contributed by atoms with Gasteiger partial charge in [-0.15, -0.1) is 0 Å². The molecular weight excluding hydrogens is 190 g/mol. The van der Waals surface area contributed by atoms with Gasteiger partial charge < -0.3 is 5.11 Å². The molecule has 1 aromatic carbocycles. The molecule has 0 aromatic heterocycles. The summed E-state index contributed by atoms with van der Waals surface area (Å²) in [5.74, 6) is 0. The van der Waals surface area contributed by atoms with Crippen LogP contribution < -0.4 is 0 Å². The quantitative estimate of drug-likeness (QED) is 0.712. The Hall–Kier alpha value is -1.77. The van der Waals surface area contributed by atoms with Crippen LogP contribution in [0.5, 0.6) is 0 Å². The molecule has 2 rings (SSSR count). The summed E-state index contributed by atoms with van der Waals surface area (Å²) in [5, 5.41) is 9.10. The molecule has 1 aliphatic heterocycles.